The Morgan fingerprint density at radius 3 is 2.48 bits per heavy atom. The van der Waals surface area contributed by atoms with Gasteiger partial charge in [-0.25, -0.2) is 18.9 Å². The van der Waals surface area contributed by atoms with E-state index in [1.165, 1.54) is 34.4 Å². The van der Waals surface area contributed by atoms with Gasteiger partial charge in [-0.3, -0.25) is 0 Å². The molecule has 1 aliphatic carbocycles. The molecular weight excluding hydrogens is 575 g/mol. The van der Waals surface area contributed by atoms with Crippen LogP contribution in [0.3, 0.4) is 0 Å². The molecule has 1 atom stereocenters. The second kappa shape index (κ2) is 12.1. The van der Waals surface area contributed by atoms with Crippen molar-refractivity contribution in [2.45, 2.75) is 37.5 Å². The van der Waals surface area contributed by atoms with Gasteiger partial charge in [0.25, 0.3) is 0 Å². The molecule has 11 heteroatoms. The van der Waals surface area contributed by atoms with Crippen LogP contribution in [0.5, 0.6) is 0 Å². The number of hydrogen-bond donors (Lipinski definition) is 2. The van der Waals surface area contributed by atoms with Gasteiger partial charge in [-0.1, -0.05) is 58.3 Å². The van der Waals surface area contributed by atoms with Crippen molar-refractivity contribution in [3.63, 3.8) is 0 Å². The predicted octanol–water partition coefficient (Wildman–Crippen LogP) is 6.10. The van der Waals surface area contributed by atoms with Gasteiger partial charge in [0.15, 0.2) is 22.5 Å². The highest BCUT2D eigenvalue weighted by Gasteiger charge is 2.29. The van der Waals surface area contributed by atoms with Crippen LogP contribution in [-0.2, 0) is 28.0 Å². The number of carboxylic acids is 1. The summed E-state index contributed by atoms with van der Waals surface area (Å²) in [5.41, 5.74) is 7.45. The van der Waals surface area contributed by atoms with Gasteiger partial charge in [0.05, 0.1) is 11.4 Å². The first kappa shape index (κ1) is 29.5. The van der Waals surface area contributed by atoms with Crippen molar-refractivity contribution in [2.24, 2.45) is 11.1 Å². The van der Waals surface area contributed by atoms with E-state index in [2.05, 4.69) is 48.3 Å². The molecule has 1 saturated carbocycles. The van der Waals surface area contributed by atoms with E-state index < -0.39 is 22.8 Å². The van der Waals surface area contributed by atoms with Crippen molar-refractivity contribution >= 4 is 28.3 Å². The zero-order valence-corrected chi connectivity index (χ0v) is 24.4. The molecule has 0 saturated heterocycles. The summed E-state index contributed by atoms with van der Waals surface area (Å²) in [5, 5.41) is 22.0. The van der Waals surface area contributed by atoms with Crippen LogP contribution in [0.15, 0.2) is 77.0 Å². The van der Waals surface area contributed by atoms with E-state index in [1.807, 2.05) is 12.1 Å². The smallest absolute Gasteiger partial charge is 0.355 e. The Kier molecular flexibility index (Phi) is 8.46. The molecule has 42 heavy (non-hydrogen) atoms. The number of carboxylic acid groups (broad SMARTS) is 1. The monoisotopic (exact) mass is 604 g/mol. The van der Waals surface area contributed by atoms with Gasteiger partial charge in [-0.05, 0) is 67.0 Å². The molecule has 6 rings (SSSR count). The molecule has 0 spiro atoms. The molecule has 2 aromatic heterocycles. The third kappa shape index (κ3) is 6.09. The second-order valence-corrected chi connectivity index (χ2v) is 12.4. The number of aromatic nitrogens is 3. The van der Waals surface area contributed by atoms with Crippen LogP contribution in [0.2, 0.25) is 0 Å². The number of halogens is 1. The van der Waals surface area contributed by atoms with Crippen LogP contribution in [0.1, 0.15) is 45.7 Å². The second-order valence-electron chi connectivity index (χ2n) is 10.4. The van der Waals surface area contributed by atoms with E-state index in [0.717, 1.165) is 52.9 Å². The zero-order valence-electron chi connectivity index (χ0n) is 22.7. The topological polar surface area (TPSA) is 141 Å². The van der Waals surface area contributed by atoms with Crippen LogP contribution in [0.4, 0.5) is 4.39 Å². The van der Waals surface area contributed by atoms with Gasteiger partial charge in [0, 0.05) is 22.9 Å². The fraction of sp³-hybridized carbons (Fsp3) is 0.194. The summed E-state index contributed by atoms with van der Waals surface area (Å²) in [7, 11) is -2.29. The van der Waals surface area contributed by atoms with Gasteiger partial charge < -0.3 is 10.6 Å². The van der Waals surface area contributed by atoms with E-state index in [0.29, 0.717) is 23.0 Å². The van der Waals surface area contributed by atoms with Crippen LogP contribution < -0.4 is 5.14 Å². The number of nitrogens with two attached hydrogens (primary N) is 1. The molecule has 2 heterocycles. The maximum atomic E-state index is 14.8. The lowest BCUT2D eigenvalue weighted by molar-refractivity contribution is 0.0691. The minimum Gasteiger partial charge on any atom is -0.870 e. The average molecular weight is 605 g/mol. The standard InChI is InChI=1S/C31H27FN4O3S2.H2O/c1-18-5-10-21(11-6-18)22-3-2-4-23(16-22)29-24(13-20-9-12-28(41(33)39)25(32)14-20)27(15-19-7-8-19)36(35-29)31-34-26(17-40-31)30(37)38;/h2-6,9-12,14,16-17,19H,7-8,13,15H2,1H3,(H2,33,39)(H,37,38);1H2. The molecule has 0 bridgehead atoms. The highest BCUT2D eigenvalue weighted by atomic mass is 32.2. The number of aryl methyl sites for hydroxylation is 1. The normalized spacial score (nSPS) is 13.5. The van der Waals surface area contributed by atoms with Gasteiger partial charge in [-0.2, -0.15) is 5.10 Å². The number of nitrogens with zero attached hydrogens (tertiary/aromatic N) is 3. The minimum absolute atomic E-state index is 0. The SMILES string of the molecule is Cc1ccc(-c2cccc(-c3nn(-c4nc(C(=O)O)cs4)c(CC4CC4)c3Cc3ccc([SH+](N)=O)c(F)c3)c2)cc1.[OH-]. The maximum absolute atomic E-state index is 14.8. The summed E-state index contributed by atoms with van der Waals surface area (Å²) in [4.78, 5) is 16.0. The van der Waals surface area contributed by atoms with Gasteiger partial charge in [0.1, 0.15) is 0 Å². The van der Waals surface area contributed by atoms with E-state index >= 15 is 0 Å². The lowest BCUT2D eigenvalue weighted by atomic mass is 9.95. The number of rotatable bonds is 9. The summed E-state index contributed by atoms with van der Waals surface area (Å²) >= 11 is 1.23. The lowest BCUT2D eigenvalue weighted by Gasteiger charge is -2.10. The van der Waals surface area contributed by atoms with Crippen molar-refractivity contribution in [3.8, 4) is 27.5 Å². The van der Waals surface area contributed by atoms with Crippen molar-refractivity contribution in [1.82, 2.24) is 14.8 Å². The van der Waals surface area contributed by atoms with E-state index in [-0.39, 0.29) is 16.1 Å². The molecule has 1 fully saturated rings. The fourth-order valence-corrected chi connectivity index (χ4v) is 6.23. The third-order valence-electron chi connectivity index (χ3n) is 7.31. The summed E-state index contributed by atoms with van der Waals surface area (Å²) < 4.78 is 28.3. The Morgan fingerprint density at radius 1 is 1.10 bits per heavy atom. The van der Waals surface area contributed by atoms with Gasteiger partial charge in [0.2, 0.25) is 10.0 Å². The Morgan fingerprint density at radius 2 is 1.83 bits per heavy atom. The Hall–Kier alpha value is -4.03. The molecule has 8 nitrogen and oxygen atoms in total. The first-order valence-corrected chi connectivity index (χ1v) is 15.5. The van der Waals surface area contributed by atoms with Crippen molar-refractivity contribution in [2.75, 3.05) is 0 Å². The summed E-state index contributed by atoms with van der Waals surface area (Å²) in [6.07, 6.45) is 3.33. The molecule has 0 amide bonds. The summed E-state index contributed by atoms with van der Waals surface area (Å²) in [6, 6.07) is 21.1. The molecule has 1 aliphatic rings. The molecule has 3 aromatic carbocycles. The molecule has 0 radical (unpaired) electrons. The molecule has 1 unspecified atom stereocenters. The molecular formula is C31H29FN4O4S2. The van der Waals surface area contributed by atoms with E-state index in [9.17, 15) is 18.5 Å². The Labute approximate surface area is 248 Å². The summed E-state index contributed by atoms with van der Waals surface area (Å²) in [5.74, 6) is -1.20. The fourth-order valence-electron chi connectivity index (χ4n) is 4.96. The van der Waals surface area contributed by atoms with E-state index in [1.54, 1.807) is 10.7 Å². The Balaban J connectivity index is 0.00000353. The molecule has 5 aromatic rings. The number of aromatic carboxylic acids is 1. The highest BCUT2D eigenvalue weighted by Crippen LogP contribution is 2.39. The predicted molar refractivity (Wildman–Crippen MR) is 161 cm³/mol. The van der Waals surface area contributed by atoms with Crippen molar-refractivity contribution in [3.05, 3.63) is 106 Å². The quantitative estimate of drug-likeness (QED) is 0.154. The van der Waals surface area contributed by atoms with Crippen LogP contribution in [0, 0.1) is 18.7 Å². The van der Waals surface area contributed by atoms with Gasteiger partial charge >= 0.3 is 5.97 Å². The van der Waals surface area contributed by atoms with E-state index in [4.69, 9.17) is 10.2 Å². The summed E-state index contributed by atoms with van der Waals surface area (Å²) in [6.45, 7) is 2.05. The third-order valence-corrected chi connectivity index (χ3v) is 8.97. The molecule has 216 valence electrons. The van der Waals surface area contributed by atoms with Crippen LogP contribution in [-0.4, -0.2) is 31.3 Å². The Bertz CT molecular complexity index is 1800. The zero-order chi connectivity index (χ0) is 28.7. The lowest BCUT2D eigenvalue weighted by Crippen LogP contribution is -2.07. The average Bonchev–Trinajstić information content (AvgIpc) is 3.51. The first-order chi connectivity index (χ1) is 19.8. The number of thiazole rings is 1. The number of benzene rings is 3. The van der Waals surface area contributed by atoms with Crippen LogP contribution >= 0.6 is 11.3 Å². The minimum atomic E-state index is -2.29. The maximum Gasteiger partial charge on any atom is 0.355 e. The van der Waals surface area contributed by atoms with Gasteiger partial charge in [-0.15, -0.1) is 16.5 Å². The highest BCUT2D eigenvalue weighted by molar-refractivity contribution is 7.82. The largest absolute Gasteiger partial charge is 0.870 e. The number of hydrogen-bond acceptors (Lipinski definition) is 6. The van der Waals surface area contributed by atoms with Crippen LogP contribution in [0.25, 0.3) is 27.5 Å². The van der Waals surface area contributed by atoms with Crippen molar-refractivity contribution in [1.29, 1.82) is 0 Å². The molecule has 0 aliphatic heterocycles. The number of carbonyl (C=O) groups is 1. The first-order valence-electron chi connectivity index (χ1n) is 13.2. The molecule has 4 N–H and O–H groups in total. The van der Waals surface area contributed by atoms with Crippen molar-refractivity contribution < 1.29 is 24.0 Å². The number of thiol groups is 1.